The molecule has 0 aliphatic heterocycles. The first-order valence-electron chi connectivity index (χ1n) is 4.91. The van der Waals surface area contributed by atoms with Crippen LogP contribution in [-0.4, -0.2) is 5.97 Å². The Bertz CT molecular complexity index is 329. The molecular weight excluding hydrogens is 176 g/mol. The molecule has 0 atom stereocenters. The lowest BCUT2D eigenvalue weighted by atomic mass is 10.1. The molecule has 1 rings (SSSR count). The minimum atomic E-state index is -0.153. The standard InChI is InChI=1S/C12H16O2/c1-4-5-12(13)14-11-7-6-9(2)8-10(11)3/h6-8H,4-5H2,1-3H3. The number of ether oxygens (including phenoxy) is 1. The summed E-state index contributed by atoms with van der Waals surface area (Å²) >= 11 is 0. The number of rotatable bonds is 3. The molecular formula is C12H16O2. The van der Waals surface area contributed by atoms with Gasteiger partial charge in [-0.05, 0) is 31.9 Å². The van der Waals surface area contributed by atoms with Gasteiger partial charge in [0.25, 0.3) is 0 Å². The van der Waals surface area contributed by atoms with Gasteiger partial charge in [0.05, 0.1) is 0 Å². The van der Waals surface area contributed by atoms with E-state index in [1.807, 2.05) is 39.0 Å². The summed E-state index contributed by atoms with van der Waals surface area (Å²) in [5.74, 6) is 0.522. The molecule has 0 spiro atoms. The third-order valence-corrected chi connectivity index (χ3v) is 2.01. The average Bonchev–Trinajstić information content (AvgIpc) is 2.10. The summed E-state index contributed by atoms with van der Waals surface area (Å²) < 4.78 is 5.20. The Morgan fingerprint density at radius 2 is 2.07 bits per heavy atom. The van der Waals surface area contributed by atoms with E-state index >= 15 is 0 Å². The van der Waals surface area contributed by atoms with E-state index in [1.165, 1.54) is 5.56 Å². The maximum atomic E-state index is 11.2. The minimum absolute atomic E-state index is 0.153. The molecule has 0 aromatic heterocycles. The Morgan fingerprint density at radius 3 is 2.64 bits per heavy atom. The second-order valence-corrected chi connectivity index (χ2v) is 3.49. The smallest absolute Gasteiger partial charge is 0.311 e. The van der Waals surface area contributed by atoms with E-state index in [0.717, 1.165) is 12.0 Å². The van der Waals surface area contributed by atoms with Gasteiger partial charge in [0.2, 0.25) is 0 Å². The zero-order valence-electron chi connectivity index (χ0n) is 8.96. The van der Waals surface area contributed by atoms with Crippen molar-refractivity contribution in [3.8, 4) is 5.75 Å². The van der Waals surface area contributed by atoms with Gasteiger partial charge in [-0.1, -0.05) is 24.6 Å². The Kier molecular flexibility index (Phi) is 3.69. The van der Waals surface area contributed by atoms with Crippen molar-refractivity contribution in [2.24, 2.45) is 0 Å². The Balaban J connectivity index is 2.72. The summed E-state index contributed by atoms with van der Waals surface area (Å²) in [5, 5.41) is 0. The van der Waals surface area contributed by atoms with Gasteiger partial charge in [0, 0.05) is 6.42 Å². The molecule has 0 saturated carbocycles. The second-order valence-electron chi connectivity index (χ2n) is 3.49. The van der Waals surface area contributed by atoms with Crippen molar-refractivity contribution >= 4 is 5.97 Å². The van der Waals surface area contributed by atoms with E-state index in [-0.39, 0.29) is 5.97 Å². The topological polar surface area (TPSA) is 26.3 Å². The molecule has 0 saturated heterocycles. The van der Waals surface area contributed by atoms with Crippen molar-refractivity contribution in [2.45, 2.75) is 33.6 Å². The molecule has 0 amide bonds. The van der Waals surface area contributed by atoms with Crippen LogP contribution < -0.4 is 4.74 Å². The SMILES string of the molecule is CCCC(=O)Oc1ccc(C)cc1C. The van der Waals surface area contributed by atoms with Crippen LogP contribution in [0.3, 0.4) is 0 Å². The predicted molar refractivity (Wildman–Crippen MR) is 56.5 cm³/mol. The molecule has 0 aliphatic rings. The van der Waals surface area contributed by atoms with Gasteiger partial charge in [-0.25, -0.2) is 0 Å². The predicted octanol–water partition coefficient (Wildman–Crippen LogP) is 3.01. The van der Waals surface area contributed by atoms with Gasteiger partial charge >= 0.3 is 5.97 Å². The first-order chi connectivity index (χ1) is 6.63. The third kappa shape index (κ3) is 2.87. The van der Waals surface area contributed by atoms with Crippen LogP contribution in [0.5, 0.6) is 5.75 Å². The van der Waals surface area contributed by atoms with Crippen molar-refractivity contribution in [1.82, 2.24) is 0 Å². The van der Waals surface area contributed by atoms with Gasteiger partial charge in [0.15, 0.2) is 0 Å². The largest absolute Gasteiger partial charge is 0.426 e. The van der Waals surface area contributed by atoms with Crippen LogP contribution >= 0.6 is 0 Å². The molecule has 0 bridgehead atoms. The Hall–Kier alpha value is -1.31. The summed E-state index contributed by atoms with van der Waals surface area (Å²) in [5.41, 5.74) is 2.19. The summed E-state index contributed by atoms with van der Waals surface area (Å²) in [7, 11) is 0. The number of hydrogen-bond donors (Lipinski definition) is 0. The highest BCUT2D eigenvalue weighted by Gasteiger charge is 2.05. The van der Waals surface area contributed by atoms with Crippen LogP contribution in [0.2, 0.25) is 0 Å². The van der Waals surface area contributed by atoms with Crippen molar-refractivity contribution in [3.63, 3.8) is 0 Å². The van der Waals surface area contributed by atoms with Gasteiger partial charge < -0.3 is 4.74 Å². The second kappa shape index (κ2) is 4.80. The lowest BCUT2D eigenvalue weighted by Crippen LogP contribution is -2.07. The molecule has 0 fully saturated rings. The van der Waals surface area contributed by atoms with E-state index in [2.05, 4.69) is 0 Å². The van der Waals surface area contributed by atoms with E-state index in [4.69, 9.17) is 4.74 Å². The van der Waals surface area contributed by atoms with Crippen molar-refractivity contribution in [3.05, 3.63) is 29.3 Å². The van der Waals surface area contributed by atoms with Crippen LogP contribution in [0.4, 0.5) is 0 Å². The fourth-order valence-electron chi connectivity index (χ4n) is 1.29. The highest BCUT2D eigenvalue weighted by atomic mass is 16.5. The lowest BCUT2D eigenvalue weighted by Gasteiger charge is -2.07. The van der Waals surface area contributed by atoms with E-state index < -0.39 is 0 Å². The molecule has 0 N–H and O–H groups in total. The number of hydrogen-bond acceptors (Lipinski definition) is 2. The van der Waals surface area contributed by atoms with Gasteiger partial charge in [-0.3, -0.25) is 4.79 Å². The fraction of sp³-hybridized carbons (Fsp3) is 0.417. The summed E-state index contributed by atoms with van der Waals surface area (Å²) in [6.07, 6.45) is 1.30. The molecule has 0 heterocycles. The number of carbonyl (C=O) groups is 1. The first kappa shape index (κ1) is 10.8. The van der Waals surface area contributed by atoms with Crippen molar-refractivity contribution < 1.29 is 9.53 Å². The monoisotopic (exact) mass is 192 g/mol. The Labute approximate surface area is 84.9 Å². The van der Waals surface area contributed by atoms with Crippen LogP contribution in [-0.2, 0) is 4.79 Å². The first-order valence-corrected chi connectivity index (χ1v) is 4.91. The molecule has 0 aliphatic carbocycles. The van der Waals surface area contributed by atoms with Crippen LogP contribution in [0.1, 0.15) is 30.9 Å². The molecule has 0 radical (unpaired) electrons. The number of carbonyl (C=O) groups excluding carboxylic acids is 1. The minimum Gasteiger partial charge on any atom is -0.426 e. The van der Waals surface area contributed by atoms with Crippen LogP contribution in [0.15, 0.2) is 18.2 Å². The molecule has 2 nitrogen and oxygen atoms in total. The highest BCUT2D eigenvalue weighted by Crippen LogP contribution is 2.19. The molecule has 2 heteroatoms. The lowest BCUT2D eigenvalue weighted by molar-refractivity contribution is -0.134. The normalized spacial score (nSPS) is 9.93. The molecule has 76 valence electrons. The highest BCUT2D eigenvalue weighted by molar-refractivity contribution is 5.72. The van der Waals surface area contributed by atoms with Gasteiger partial charge in [-0.15, -0.1) is 0 Å². The van der Waals surface area contributed by atoms with E-state index in [9.17, 15) is 4.79 Å². The van der Waals surface area contributed by atoms with Crippen LogP contribution in [0, 0.1) is 13.8 Å². The van der Waals surface area contributed by atoms with Crippen molar-refractivity contribution in [2.75, 3.05) is 0 Å². The summed E-state index contributed by atoms with van der Waals surface area (Å²) in [6.45, 7) is 5.93. The fourth-order valence-corrected chi connectivity index (χ4v) is 1.29. The van der Waals surface area contributed by atoms with Crippen molar-refractivity contribution in [1.29, 1.82) is 0 Å². The average molecular weight is 192 g/mol. The molecule has 1 aromatic carbocycles. The quantitative estimate of drug-likeness (QED) is 0.543. The number of benzene rings is 1. The molecule has 14 heavy (non-hydrogen) atoms. The third-order valence-electron chi connectivity index (χ3n) is 2.01. The van der Waals surface area contributed by atoms with Gasteiger partial charge in [-0.2, -0.15) is 0 Å². The van der Waals surface area contributed by atoms with E-state index in [0.29, 0.717) is 12.2 Å². The number of esters is 1. The zero-order chi connectivity index (χ0) is 10.6. The maximum absolute atomic E-state index is 11.2. The maximum Gasteiger partial charge on any atom is 0.311 e. The molecule has 1 aromatic rings. The summed E-state index contributed by atoms with van der Waals surface area (Å²) in [6, 6.07) is 5.80. The zero-order valence-corrected chi connectivity index (χ0v) is 8.96. The van der Waals surface area contributed by atoms with E-state index in [1.54, 1.807) is 0 Å². The molecule has 0 unspecified atom stereocenters. The van der Waals surface area contributed by atoms with Gasteiger partial charge in [0.1, 0.15) is 5.75 Å². The number of aryl methyl sites for hydroxylation is 2. The van der Waals surface area contributed by atoms with Crippen LogP contribution in [0.25, 0.3) is 0 Å². The summed E-state index contributed by atoms with van der Waals surface area (Å²) in [4.78, 5) is 11.2. The Morgan fingerprint density at radius 1 is 1.36 bits per heavy atom.